The van der Waals surface area contributed by atoms with Crippen molar-refractivity contribution in [3.05, 3.63) is 75.5 Å². The number of aliphatic hydroxyl groups is 2. The van der Waals surface area contributed by atoms with Gasteiger partial charge in [0, 0.05) is 24.0 Å². The van der Waals surface area contributed by atoms with Crippen molar-refractivity contribution in [2.75, 3.05) is 12.3 Å². The van der Waals surface area contributed by atoms with Crippen LogP contribution >= 0.6 is 11.6 Å². The van der Waals surface area contributed by atoms with E-state index in [1.807, 2.05) is 0 Å². The van der Waals surface area contributed by atoms with Gasteiger partial charge >= 0.3 is 0 Å². The first-order valence-corrected chi connectivity index (χ1v) is 10.3. The number of aliphatic hydroxyl groups excluding tert-OH is 2. The van der Waals surface area contributed by atoms with Crippen LogP contribution in [0.25, 0.3) is 11.3 Å². The minimum atomic E-state index is -0.685. The van der Waals surface area contributed by atoms with Crippen LogP contribution in [0.2, 0.25) is 5.02 Å². The molecule has 3 aromatic rings. The van der Waals surface area contributed by atoms with Crippen LogP contribution in [0.15, 0.2) is 53.6 Å². The maximum atomic E-state index is 13.3. The summed E-state index contributed by atoms with van der Waals surface area (Å²) in [5.41, 5.74) is 6.81. The number of nitrogen functional groups attached to an aromatic ring is 1. The number of anilines is 1. The predicted octanol–water partition coefficient (Wildman–Crippen LogP) is 3.18. The van der Waals surface area contributed by atoms with Crippen molar-refractivity contribution in [1.29, 1.82) is 0 Å². The first-order valence-electron chi connectivity index (χ1n) is 9.94. The Bertz CT molecular complexity index is 1090. The summed E-state index contributed by atoms with van der Waals surface area (Å²) >= 11 is 5.79. The standard InChI is InChI=1S/C17H14ClFN4O2.C5H10O/c18-12-7-11(1-2-13(12)19)15(9-24)23-6-4-10(8-16(23)25)14-3-5-21-17(20)22-14;6-5-3-1-2-4-5/h1-8,15,24H,9H2,(H2,20,21,22);5-6H,1-4H2. The summed E-state index contributed by atoms with van der Waals surface area (Å²) in [4.78, 5) is 20.4. The number of hydrogen-bond donors (Lipinski definition) is 3. The van der Waals surface area contributed by atoms with Crippen LogP contribution in [0, 0.1) is 5.82 Å². The molecular formula is C22H24ClFN4O3. The smallest absolute Gasteiger partial charge is 0.251 e. The van der Waals surface area contributed by atoms with Crippen LogP contribution in [-0.4, -0.2) is 37.5 Å². The Morgan fingerprint density at radius 2 is 1.97 bits per heavy atom. The van der Waals surface area contributed by atoms with Crippen molar-refractivity contribution >= 4 is 17.5 Å². The number of nitrogens with two attached hydrogens (primary N) is 1. The zero-order valence-electron chi connectivity index (χ0n) is 16.8. The second kappa shape index (κ2) is 10.5. The molecule has 4 N–H and O–H groups in total. The molecule has 7 nitrogen and oxygen atoms in total. The van der Waals surface area contributed by atoms with Gasteiger partial charge in [-0.1, -0.05) is 30.5 Å². The molecule has 0 radical (unpaired) electrons. The second-order valence-corrected chi connectivity index (χ2v) is 7.68. The molecule has 1 aliphatic carbocycles. The third-order valence-electron chi connectivity index (χ3n) is 5.08. The Kier molecular flexibility index (Phi) is 7.73. The molecule has 0 bridgehead atoms. The third-order valence-corrected chi connectivity index (χ3v) is 5.37. The number of rotatable bonds is 4. The van der Waals surface area contributed by atoms with Gasteiger partial charge < -0.3 is 20.5 Å². The molecule has 2 aromatic heterocycles. The van der Waals surface area contributed by atoms with Gasteiger partial charge in [0.1, 0.15) is 5.82 Å². The fourth-order valence-electron chi connectivity index (χ4n) is 3.42. The van der Waals surface area contributed by atoms with Gasteiger partial charge in [0.2, 0.25) is 5.95 Å². The van der Waals surface area contributed by atoms with Crippen LogP contribution in [0.5, 0.6) is 0 Å². The molecule has 0 spiro atoms. The van der Waals surface area contributed by atoms with Crippen molar-refractivity contribution in [2.45, 2.75) is 37.8 Å². The van der Waals surface area contributed by atoms with Crippen LogP contribution in [0.4, 0.5) is 10.3 Å². The van der Waals surface area contributed by atoms with E-state index in [2.05, 4.69) is 9.97 Å². The van der Waals surface area contributed by atoms with Gasteiger partial charge in [0.25, 0.3) is 5.56 Å². The minimum Gasteiger partial charge on any atom is -0.394 e. The highest BCUT2D eigenvalue weighted by atomic mass is 35.5. The molecule has 1 atom stereocenters. The molecule has 0 saturated heterocycles. The number of hydrogen-bond acceptors (Lipinski definition) is 6. The maximum Gasteiger partial charge on any atom is 0.251 e. The highest BCUT2D eigenvalue weighted by Gasteiger charge is 2.16. The summed E-state index contributed by atoms with van der Waals surface area (Å²) in [5, 5.41) is 18.4. The average Bonchev–Trinajstić information content (AvgIpc) is 3.23. The topological polar surface area (TPSA) is 114 Å². The lowest BCUT2D eigenvalue weighted by atomic mass is 10.1. The van der Waals surface area contributed by atoms with E-state index in [9.17, 15) is 14.3 Å². The number of pyridine rings is 1. The number of benzene rings is 1. The predicted molar refractivity (Wildman–Crippen MR) is 117 cm³/mol. The average molecular weight is 447 g/mol. The molecule has 4 rings (SSSR count). The lowest BCUT2D eigenvalue weighted by Gasteiger charge is -2.18. The van der Waals surface area contributed by atoms with Gasteiger partial charge in [0.15, 0.2) is 0 Å². The molecule has 164 valence electrons. The van der Waals surface area contributed by atoms with Crippen LogP contribution in [0.3, 0.4) is 0 Å². The normalized spacial score (nSPS) is 14.7. The Morgan fingerprint density at radius 1 is 1.23 bits per heavy atom. The van der Waals surface area contributed by atoms with E-state index in [1.165, 1.54) is 54.1 Å². The first kappa shape index (κ1) is 22.9. The minimum absolute atomic E-state index is 0.0463. The monoisotopic (exact) mass is 446 g/mol. The lowest BCUT2D eigenvalue weighted by molar-refractivity contribution is 0.183. The van der Waals surface area contributed by atoms with Crippen molar-refractivity contribution in [3.63, 3.8) is 0 Å². The third kappa shape index (κ3) is 5.88. The molecule has 9 heteroatoms. The molecule has 1 unspecified atom stereocenters. The summed E-state index contributed by atoms with van der Waals surface area (Å²) in [6, 6.07) is 8.08. The molecular weight excluding hydrogens is 423 g/mol. The van der Waals surface area contributed by atoms with Crippen molar-refractivity contribution < 1.29 is 14.6 Å². The molecule has 1 fully saturated rings. The molecule has 0 amide bonds. The summed E-state index contributed by atoms with van der Waals surface area (Å²) < 4.78 is 14.7. The second-order valence-electron chi connectivity index (χ2n) is 7.27. The fourth-order valence-corrected chi connectivity index (χ4v) is 3.61. The van der Waals surface area contributed by atoms with E-state index < -0.39 is 11.9 Å². The van der Waals surface area contributed by atoms with Gasteiger partial charge in [-0.3, -0.25) is 4.79 Å². The molecule has 1 aliphatic rings. The zero-order valence-corrected chi connectivity index (χ0v) is 17.5. The largest absolute Gasteiger partial charge is 0.394 e. The number of aromatic nitrogens is 3. The van der Waals surface area contributed by atoms with Gasteiger partial charge in [-0.15, -0.1) is 0 Å². The zero-order chi connectivity index (χ0) is 22.4. The van der Waals surface area contributed by atoms with E-state index in [4.69, 9.17) is 22.4 Å². The lowest BCUT2D eigenvalue weighted by Crippen LogP contribution is -2.26. The summed E-state index contributed by atoms with van der Waals surface area (Å²) in [6.07, 6.45) is 7.64. The maximum absolute atomic E-state index is 13.3. The summed E-state index contributed by atoms with van der Waals surface area (Å²) in [7, 11) is 0. The highest BCUT2D eigenvalue weighted by molar-refractivity contribution is 6.30. The van der Waals surface area contributed by atoms with Crippen molar-refractivity contribution in [3.8, 4) is 11.3 Å². The van der Waals surface area contributed by atoms with E-state index in [0.29, 0.717) is 16.8 Å². The van der Waals surface area contributed by atoms with Crippen molar-refractivity contribution in [1.82, 2.24) is 14.5 Å². The Morgan fingerprint density at radius 3 is 2.52 bits per heavy atom. The van der Waals surface area contributed by atoms with Gasteiger partial charge in [-0.2, -0.15) is 0 Å². The van der Waals surface area contributed by atoms with E-state index >= 15 is 0 Å². The molecule has 1 aromatic carbocycles. The first-order chi connectivity index (χ1) is 14.9. The Labute approximate surface area is 184 Å². The molecule has 0 aliphatic heterocycles. The Balaban J connectivity index is 0.000000391. The van der Waals surface area contributed by atoms with Crippen molar-refractivity contribution in [2.24, 2.45) is 0 Å². The summed E-state index contributed by atoms with van der Waals surface area (Å²) in [5.74, 6) is -0.456. The molecule has 1 saturated carbocycles. The van der Waals surface area contributed by atoms with Crippen LogP contribution in [-0.2, 0) is 0 Å². The molecule has 31 heavy (non-hydrogen) atoms. The van der Waals surface area contributed by atoms with E-state index in [0.717, 1.165) is 12.8 Å². The quantitative estimate of drug-likeness (QED) is 0.567. The number of nitrogens with zero attached hydrogens (tertiary/aromatic N) is 3. The van der Waals surface area contributed by atoms with Gasteiger partial charge in [-0.05, 0) is 42.7 Å². The molecule has 2 heterocycles. The van der Waals surface area contributed by atoms with Crippen LogP contribution < -0.4 is 11.3 Å². The Hall–Kier alpha value is -2.81. The van der Waals surface area contributed by atoms with E-state index in [1.54, 1.807) is 12.1 Å². The number of halogens is 2. The van der Waals surface area contributed by atoms with E-state index in [-0.39, 0.29) is 29.2 Å². The SMILES string of the molecule is Nc1nccc(-c2ccn(C(CO)c3ccc(F)c(Cl)c3)c(=O)c2)n1.OC1CCCC1. The highest BCUT2D eigenvalue weighted by Crippen LogP contribution is 2.23. The van der Waals surface area contributed by atoms with Gasteiger partial charge in [-0.25, -0.2) is 14.4 Å². The van der Waals surface area contributed by atoms with Gasteiger partial charge in [0.05, 0.1) is 29.5 Å². The fraction of sp³-hybridized carbons (Fsp3) is 0.318. The summed E-state index contributed by atoms with van der Waals surface area (Å²) in [6.45, 7) is -0.346. The van der Waals surface area contributed by atoms with Crippen LogP contribution in [0.1, 0.15) is 37.3 Å².